The first-order valence-corrected chi connectivity index (χ1v) is 10.7. The van der Waals surface area contributed by atoms with Crippen LogP contribution in [0.15, 0.2) is 60.9 Å². The van der Waals surface area contributed by atoms with E-state index in [0.29, 0.717) is 17.4 Å². The zero-order valence-corrected chi connectivity index (χ0v) is 18.5. The molecule has 7 heteroatoms. The second-order valence-corrected chi connectivity index (χ2v) is 8.21. The van der Waals surface area contributed by atoms with Gasteiger partial charge in [0.15, 0.2) is 11.7 Å². The van der Waals surface area contributed by atoms with Crippen molar-refractivity contribution in [2.45, 2.75) is 20.4 Å². The smallest absolute Gasteiger partial charge is 0.267 e. The molecule has 0 saturated heterocycles. The Hall–Kier alpha value is -3.45. The number of ether oxygens (including phenoxy) is 2. The van der Waals surface area contributed by atoms with Crippen LogP contribution in [-0.2, 0) is 11.3 Å². The third-order valence-electron chi connectivity index (χ3n) is 4.83. The van der Waals surface area contributed by atoms with Crippen molar-refractivity contribution in [2.24, 2.45) is 0 Å². The number of anilines is 1. The first kappa shape index (κ1) is 20.8. The summed E-state index contributed by atoms with van der Waals surface area (Å²) < 4.78 is 12.0. The number of fused-ring (bicyclic) bond motifs is 1. The Bertz CT molecular complexity index is 1190. The number of hydrogen-bond acceptors (Lipinski definition) is 6. The molecule has 6 nitrogen and oxygen atoms in total. The van der Waals surface area contributed by atoms with Crippen molar-refractivity contribution in [3.8, 4) is 11.5 Å². The van der Waals surface area contributed by atoms with Crippen LogP contribution in [0, 0.1) is 13.8 Å². The molecule has 1 amide bonds. The Morgan fingerprint density at radius 1 is 1.10 bits per heavy atom. The minimum atomic E-state index is -0.173. The molecule has 2 heterocycles. The number of rotatable bonds is 7. The molecule has 0 fully saturated rings. The van der Waals surface area contributed by atoms with Gasteiger partial charge in [-0.25, -0.2) is 4.98 Å². The fourth-order valence-corrected chi connectivity index (χ4v) is 4.34. The Morgan fingerprint density at radius 3 is 2.58 bits per heavy atom. The SMILES string of the molecule is COc1ccc(OCC(=O)N(Cc2cccnc2)c2nc3cc(C)cc(C)c3s2)cc1. The van der Waals surface area contributed by atoms with E-state index in [1.54, 1.807) is 48.7 Å². The van der Waals surface area contributed by atoms with E-state index in [9.17, 15) is 4.79 Å². The van der Waals surface area contributed by atoms with Gasteiger partial charge in [-0.2, -0.15) is 0 Å². The van der Waals surface area contributed by atoms with Gasteiger partial charge in [0.1, 0.15) is 11.5 Å². The van der Waals surface area contributed by atoms with Crippen molar-refractivity contribution in [3.05, 3.63) is 77.6 Å². The van der Waals surface area contributed by atoms with Crippen molar-refractivity contribution < 1.29 is 14.3 Å². The minimum Gasteiger partial charge on any atom is -0.497 e. The monoisotopic (exact) mass is 433 g/mol. The molecule has 0 saturated carbocycles. The summed E-state index contributed by atoms with van der Waals surface area (Å²) in [7, 11) is 1.61. The number of thiazole rings is 1. The fourth-order valence-electron chi connectivity index (χ4n) is 3.31. The lowest BCUT2D eigenvalue weighted by molar-refractivity contribution is -0.120. The van der Waals surface area contributed by atoms with Gasteiger partial charge in [0.2, 0.25) is 0 Å². The maximum Gasteiger partial charge on any atom is 0.267 e. The van der Waals surface area contributed by atoms with Crippen LogP contribution in [0.1, 0.15) is 16.7 Å². The molecule has 4 rings (SSSR count). The molecule has 158 valence electrons. The lowest BCUT2D eigenvalue weighted by Gasteiger charge is -2.20. The van der Waals surface area contributed by atoms with E-state index in [-0.39, 0.29) is 12.5 Å². The van der Waals surface area contributed by atoms with Crippen LogP contribution in [0.3, 0.4) is 0 Å². The number of nitrogens with zero attached hydrogens (tertiary/aromatic N) is 3. The summed E-state index contributed by atoms with van der Waals surface area (Å²) in [6, 6.07) is 15.1. The van der Waals surface area contributed by atoms with E-state index < -0.39 is 0 Å². The molecule has 2 aromatic heterocycles. The summed E-state index contributed by atoms with van der Waals surface area (Å²) in [5, 5.41) is 0.649. The molecule has 31 heavy (non-hydrogen) atoms. The molecule has 0 N–H and O–H groups in total. The topological polar surface area (TPSA) is 64.6 Å². The second-order valence-electron chi connectivity index (χ2n) is 7.23. The highest BCUT2D eigenvalue weighted by Gasteiger charge is 2.21. The van der Waals surface area contributed by atoms with Crippen LogP contribution in [0.5, 0.6) is 11.5 Å². The zero-order valence-electron chi connectivity index (χ0n) is 17.7. The number of carbonyl (C=O) groups excluding carboxylic acids is 1. The Kier molecular flexibility index (Phi) is 6.13. The summed E-state index contributed by atoms with van der Waals surface area (Å²) in [5.74, 6) is 1.16. The van der Waals surface area contributed by atoms with Gasteiger partial charge in [0.25, 0.3) is 5.91 Å². The number of benzene rings is 2. The molecule has 4 aromatic rings. The van der Waals surface area contributed by atoms with Gasteiger partial charge in [-0.1, -0.05) is 23.5 Å². The van der Waals surface area contributed by atoms with Crippen LogP contribution in [0.4, 0.5) is 5.13 Å². The number of pyridine rings is 1. The minimum absolute atomic E-state index is 0.0967. The van der Waals surface area contributed by atoms with Crippen molar-refractivity contribution in [2.75, 3.05) is 18.6 Å². The summed E-state index contributed by atoms with van der Waals surface area (Å²) in [4.78, 5) is 23.8. The van der Waals surface area contributed by atoms with E-state index in [0.717, 1.165) is 32.7 Å². The van der Waals surface area contributed by atoms with E-state index in [4.69, 9.17) is 14.5 Å². The summed E-state index contributed by atoms with van der Waals surface area (Å²) in [6.45, 7) is 4.39. The maximum absolute atomic E-state index is 13.2. The average Bonchev–Trinajstić information content (AvgIpc) is 3.21. The highest BCUT2D eigenvalue weighted by molar-refractivity contribution is 7.22. The lowest BCUT2D eigenvalue weighted by atomic mass is 10.1. The molecule has 0 atom stereocenters. The number of aromatic nitrogens is 2. The second kappa shape index (κ2) is 9.14. The zero-order chi connectivity index (χ0) is 21.8. The first-order valence-electron chi connectivity index (χ1n) is 9.87. The molecule has 0 spiro atoms. The van der Waals surface area contributed by atoms with E-state index in [2.05, 4.69) is 18.0 Å². The van der Waals surface area contributed by atoms with Gasteiger partial charge in [0.05, 0.1) is 23.9 Å². The fraction of sp³-hybridized carbons (Fsp3) is 0.208. The van der Waals surface area contributed by atoms with Crippen LogP contribution >= 0.6 is 11.3 Å². The van der Waals surface area contributed by atoms with Crippen LogP contribution in [-0.4, -0.2) is 29.6 Å². The van der Waals surface area contributed by atoms with E-state index >= 15 is 0 Å². The van der Waals surface area contributed by atoms with Gasteiger partial charge in [-0.15, -0.1) is 0 Å². The first-order chi connectivity index (χ1) is 15.0. The molecular formula is C24H23N3O3S. The lowest BCUT2D eigenvalue weighted by Crippen LogP contribution is -2.34. The predicted octanol–water partition coefficient (Wildman–Crippen LogP) is 4.93. The number of carbonyl (C=O) groups is 1. The Morgan fingerprint density at radius 2 is 1.87 bits per heavy atom. The molecule has 0 unspecified atom stereocenters. The summed E-state index contributed by atoms with van der Waals surface area (Å²) in [6.07, 6.45) is 3.47. The molecular weight excluding hydrogens is 410 g/mol. The maximum atomic E-state index is 13.2. The van der Waals surface area contributed by atoms with E-state index in [1.807, 2.05) is 25.1 Å². The summed E-state index contributed by atoms with van der Waals surface area (Å²) in [5.41, 5.74) is 4.13. The van der Waals surface area contributed by atoms with Crippen molar-refractivity contribution >= 4 is 32.6 Å². The van der Waals surface area contributed by atoms with Crippen LogP contribution < -0.4 is 14.4 Å². The van der Waals surface area contributed by atoms with Gasteiger partial charge in [0, 0.05) is 12.4 Å². The van der Waals surface area contributed by atoms with Crippen LogP contribution in [0.25, 0.3) is 10.2 Å². The molecule has 0 radical (unpaired) electrons. The van der Waals surface area contributed by atoms with E-state index in [1.165, 1.54) is 11.3 Å². The standard InChI is InChI=1S/C24H23N3O3S/c1-16-11-17(2)23-21(12-16)26-24(31-23)27(14-18-5-4-10-25-13-18)22(28)15-30-20-8-6-19(29-3)7-9-20/h4-13H,14-15H2,1-3H3. The summed E-state index contributed by atoms with van der Waals surface area (Å²) >= 11 is 1.52. The normalized spacial score (nSPS) is 10.8. The third kappa shape index (κ3) is 4.83. The Balaban J connectivity index is 1.60. The van der Waals surface area contributed by atoms with Gasteiger partial charge < -0.3 is 9.47 Å². The van der Waals surface area contributed by atoms with Gasteiger partial charge in [-0.3, -0.25) is 14.7 Å². The number of methoxy groups -OCH3 is 1. The molecule has 0 bridgehead atoms. The predicted molar refractivity (Wildman–Crippen MR) is 123 cm³/mol. The quantitative estimate of drug-likeness (QED) is 0.414. The highest BCUT2D eigenvalue weighted by atomic mass is 32.1. The van der Waals surface area contributed by atoms with Crippen molar-refractivity contribution in [3.63, 3.8) is 0 Å². The number of aryl methyl sites for hydroxylation is 2. The molecule has 0 aliphatic carbocycles. The third-order valence-corrected chi connectivity index (χ3v) is 6.06. The average molecular weight is 434 g/mol. The number of hydrogen-bond donors (Lipinski definition) is 0. The molecule has 2 aromatic carbocycles. The van der Waals surface area contributed by atoms with Crippen molar-refractivity contribution in [1.82, 2.24) is 9.97 Å². The van der Waals surface area contributed by atoms with Crippen LogP contribution in [0.2, 0.25) is 0 Å². The largest absolute Gasteiger partial charge is 0.497 e. The highest BCUT2D eigenvalue weighted by Crippen LogP contribution is 2.33. The molecule has 0 aliphatic heterocycles. The Labute approximate surface area is 185 Å². The van der Waals surface area contributed by atoms with Crippen molar-refractivity contribution in [1.29, 1.82) is 0 Å². The number of amides is 1. The van der Waals surface area contributed by atoms with Gasteiger partial charge in [-0.05, 0) is 66.9 Å². The molecule has 0 aliphatic rings. The van der Waals surface area contributed by atoms with Gasteiger partial charge >= 0.3 is 0 Å².